The van der Waals surface area contributed by atoms with Crippen molar-refractivity contribution in [2.45, 2.75) is 22.6 Å². The Kier molecular flexibility index (Phi) is 2.30. The van der Waals surface area contributed by atoms with E-state index >= 15 is 0 Å². The first kappa shape index (κ1) is 6.98. The maximum atomic E-state index is 5.71. The Bertz CT molecular complexity index is 73.7. The van der Waals surface area contributed by atoms with Crippen LogP contribution in [0.25, 0.3) is 0 Å². The normalized spacial score (nSPS) is 47.6. The molecule has 0 amide bonds. The van der Waals surface area contributed by atoms with E-state index in [1.165, 1.54) is 0 Å². The van der Waals surface area contributed by atoms with E-state index in [1.807, 2.05) is 6.42 Å². The average molecular weight is 172 g/mol. The molecule has 0 aliphatic heterocycles. The Labute approximate surface area is 64.1 Å². The van der Waals surface area contributed by atoms with Gasteiger partial charge in [0.25, 0.3) is 0 Å². The molecule has 1 aliphatic carbocycles. The van der Waals surface area contributed by atoms with Crippen LogP contribution >= 0.6 is 34.8 Å². The van der Waals surface area contributed by atoms with Crippen LogP contribution in [-0.4, -0.2) is 16.1 Å². The molecular weight excluding hydrogens is 166 g/mol. The summed E-state index contributed by atoms with van der Waals surface area (Å²) >= 11 is 17.1. The summed E-state index contributed by atoms with van der Waals surface area (Å²) in [7, 11) is 0. The van der Waals surface area contributed by atoms with Gasteiger partial charge in [-0.2, -0.15) is 0 Å². The molecule has 3 unspecified atom stereocenters. The second-order valence-corrected chi connectivity index (χ2v) is 3.53. The van der Waals surface area contributed by atoms with Crippen molar-refractivity contribution in [3.63, 3.8) is 0 Å². The Balaban J connectivity index is 2.39. The minimum absolute atomic E-state index is 0.0285. The van der Waals surface area contributed by atoms with Gasteiger partial charge >= 0.3 is 0 Å². The standard InChI is InChI=1S/C5H6Cl3/c6-3-1-4(7)5(8)2-3/h1,3-5H,2H2. The van der Waals surface area contributed by atoms with E-state index in [-0.39, 0.29) is 16.1 Å². The first-order valence-electron chi connectivity index (χ1n) is 2.47. The zero-order chi connectivity index (χ0) is 6.15. The van der Waals surface area contributed by atoms with Crippen molar-refractivity contribution in [2.75, 3.05) is 0 Å². The van der Waals surface area contributed by atoms with Gasteiger partial charge in [-0.25, -0.2) is 0 Å². The number of alkyl halides is 3. The fraction of sp³-hybridized carbons (Fsp3) is 0.800. The van der Waals surface area contributed by atoms with Crippen molar-refractivity contribution in [3.8, 4) is 0 Å². The molecule has 1 rings (SSSR count). The first-order chi connectivity index (χ1) is 3.70. The lowest BCUT2D eigenvalue weighted by atomic mass is 10.4. The van der Waals surface area contributed by atoms with E-state index in [4.69, 9.17) is 34.8 Å². The highest BCUT2D eigenvalue weighted by atomic mass is 35.5. The summed E-state index contributed by atoms with van der Waals surface area (Å²) in [6.45, 7) is 0. The van der Waals surface area contributed by atoms with Gasteiger partial charge in [-0.15, -0.1) is 34.8 Å². The summed E-state index contributed by atoms with van der Waals surface area (Å²) in [5.74, 6) is 0. The van der Waals surface area contributed by atoms with Crippen molar-refractivity contribution in [1.29, 1.82) is 0 Å². The molecule has 0 heterocycles. The van der Waals surface area contributed by atoms with E-state index in [1.54, 1.807) is 0 Å². The monoisotopic (exact) mass is 171 g/mol. The van der Waals surface area contributed by atoms with Crippen LogP contribution in [0.3, 0.4) is 0 Å². The molecule has 47 valence electrons. The molecule has 0 aromatic carbocycles. The summed E-state index contributed by atoms with van der Waals surface area (Å²) in [6, 6.07) is 0. The highest BCUT2D eigenvalue weighted by Gasteiger charge is 2.30. The van der Waals surface area contributed by atoms with Crippen LogP contribution < -0.4 is 0 Å². The highest BCUT2D eigenvalue weighted by molar-refractivity contribution is 6.33. The first-order valence-corrected chi connectivity index (χ1v) is 3.78. The predicted molar refractivity (Wildman–Crippen MR) is 37.8 cm³/mol. The third kappa shape index (κ3) is 1.43. The second kappa shape index (κ2) is 2.64. The minimum Gasteiger partial charge on any atom is -0.123 e. The Hall–Kier alpha value is 0.870. The molecule has 0 saturated heterocycles. The zero-order valence-corrected chi connectivity index (χ0v) is 6.42. The van der Waals surface area contributed by atoms with E-state index < -0.39 is 0 Å². The number of halogens is 3. The molecular formula is C5H6Cl3. The molecule has 0 spiro atoms. The van der Waals surface area contributed by atoms with Crippen molar-refractivity contribution in [2.24, 2.45) is 0 Å². The Morgan fingerprint density at radius 2 is 1.88 bits per heavy atom. The predicted octanol–water partition coefficient (Wildman–Crippen LogP) is 2.42. The summed E-state index contributed by atoms with van der Waals surface area (Å²) < 4.78 is 0. The summed E-state index contributed by atoms with van der Waals surface area (Å²) in [5.41, 5.74) is 0. The second-order valence-electron chi connectivity index (χ2n) is 1.90. The van der Waals surface area contributed by atoms with E-state index in [0.717, 1.165) is 6.42 Å². The van der Waals surface area contributed by atoms with Crippen LogP contribution in [0.2, 0.25) is 0 Å². The van der Waals surface area contributed by atoms with Gasteiger partial charge in [0.15, 0.2) is 0 Å². The molecule has 0 nitrogen and oxygen atoms in total. The summed E-state index contributed by atoms with van der Waals surface area (Å²) in [5, 5.41) is 0.0957. The lowest BCUT2D eigenvalue weighted by molar-refractivity contribution is 0.902. The SMILES string of the molecule is ClC1[CH]C(Cl)C(Cl)C1. The lowest BCUT2D eigenvalue weighted by Crippen LogP contribution is -2.04. The van der Waals surface area contributed by atoms with Gasteiger partial charge < -0.3 is 0 Å². The minimum atomic E-state index is -0.0285. The molecule has 1 saturated carbocycles. The highest BCUT2D eigenvalue weighted by Crippen LogP contribution is 2.31. The Morgan fingerprint density at radius 1 is 1.25 bits per heavy atom. The van der Waals surface area contributed by atoms with Gasteiger partial charge in [0, 0.05) is 5.38 Å². The average Bonchev–Trinajstić information content (AvgIpc) is 1.85. The van der Waals surface area contributed by atoms with Crippen LogP contribution in [0.5, 0.6) is 0 Å². The van der Waals surface area contributed by atoms with Gasteiger partial charge in [0.1, 0.15) is 0 Å². The quantitative estimate of drug-likeness (QED) is 0.492. The fourth-order valence-electron chi connectivity index (χ4n) is 0.744. The summed E-state index contributed by atoms with van der Waals surface area (Å²) in [4.78, 5) is 0. The smallest absolute Gasteiger partial charge is 0.0546 e. The van der Waals surface area contributed by atoms with Crippen LogP contribution in [0, 0.1) is 6.42 Å². The number of rotatable bonds is 0. The van der Waals surface area contributed by atoms with E-state index in [9.17, 15) is 0 Å². The molecule has 3 atom stereocenters. The maximum Gasteiger partial charge on any atom is 0.0546 e. The lowest BCUT2D eigenvalue weighted by Gasteiger charge is -1.99. The van der Waals surface area contributed by atoms with Crippen LogP contribution in [0.15, 0.2) is 0 Å². The van der Waals surface area contributed by atoms with Gasteiger partial charge in [0.2, 0.25) is 0 Å². The van der Waals surface area contributed by atoms with Gasteiger partial charge in [-0.05, 0) is 12.8 Å². The van der Waals surface area contributed by atoms with Crippen LogP contribution in [0.4, 0.5) is 0 Å². The fourth-order valence-corrected chi connectivity index (χ4v) is 1.81. The molecule has 3 heteroatoms. The molecule has 0 N–H and O–H groups in total. The zero-order valence-electron chi connectivity index (χ0n) is 4.15. The summed E-state index contributed by atoms with van der Waals surface area (Å²) in [6.07, 6.45) is 2.66. The maximum absolute atomic E-state index is 5.71. The number of hydrogen-bond acceptors (Lipinski definition) is 0. The van der Waals surface area contributed by atoms with E-state index in [0.29, 0.717) is 0 Å². The van der Waals surface area contributed by atoms with E-state index in [2.05, 4.69) is 0 Å². The molecule has 0 bridgehead atoms. The molecule has 1 fully saturated rings. The molecule has 1 aliphatic rings. The molecule has 0 aromatic heterocycles. The van der Waals surface area contributed by atoms with Crippen LogP contribution in [-0.2, 0) is 0 Å². The third-order valence-electron chi connectivity index (χ3n) is 1.19. The topological polar surface area (TPSA) is 0 Å². The van der Waals surface area contributed by atoms with Crippen molar-refractivity contribution in [3.05, 3.63) is 6.42 Å². The molecule has 8 heavy (non-hydrogen) atoms. The largest absolute Gasteiger partial charge is 0.123 e. The van der Waals surface area contributed by atoms with Crippen molar-refractivity contribution in [1.82, 2.24) is 0 Å². The Morgan fingerprint density at radius 3 is 2.00 bits per heavy atom. The molecule has 1 radical (unpaired) electrons. The molecule has 0 aromatic rings. The van der Waals surface area contributed by atoms with Gasteiger partial charge in [-0.1, -0.05) is 0 Å². The third-order valence-corrected chi connectivity index (χ3v) is 2.54. The van der Waals surface area contributed by atoms with Crippen LogP contribution in [0.1, 0.15) is 6.42 Å². The van der Waals surface area contributed by atoms with Crippen molar-refractivity contribution >= 4 is 34.8 Å². The van der Waals surface area contributed by atoms with Crippen molar-refractivity contribution < 1.29 is 0 Å². The van der Waals surface area contributed by atoms with Gasteiger partial charge in [0.05, 0.1) is 10.8 Å². The van der Waals surface area contributed by atoms with Gasteiger partial charge in [-0.3, -0.25) is 0 Å². The number of hydrogen-bond donors (Lipinski definition) is 0.